The summed E-state index contributed by atoms with van der Waals surface area (Å²) in [6.07, 6.45) is 0.542. The molecule has 8 heavy (non-hydrogen) atoms. The highest BCUT2D eigenvalue weighted by molar-refractivity contribution is 4.74. The lowest BCUT2D eigenvalue weighted by Gasteiger charge is -2.07. The van der Waals surface area contributed by atoms with Crippen LogP contribution < -0.4 is 0 Å². The molecule has 0 aromatic heterocycles. The lowest BCUT2D eigenvalue weighted by Crippen LogP contribution is -2.21. The highest BCUT2D eigenvalue weighted by Gasteiger charge is 2.38. The Morgan fingerprint density at radius 2 is 2.12 bits per heavy atom. The molecule has 1 fully saturated rings. The summed E-state index contributed by atoms with van der Waals surface area (Å²) in [6, 6.07) is 0. The van der Waals surface area contributed by atoms with Gasteiger partial charge in [-0.05, 0) is 6.92 Å². The minimum Gasteiger partial charge on any atom is -0.351 e. The van der Waals surface area contributed by atoms with E-state index in [1.165, 1.54) is 0 Å². The first-order valence-corrected chi connectivity index (χ1v) is 2.68. The van der Waals surface area contributed by atoms with Crippen molar-refractivity contribution >= 4 is 0 Å². The minimum atomic E-state index is 0.194. The van der Waals surface area contributed by atoms with E-state index in [2.05, 4.69) is 0 Å². The van der Waals surface area contributed by atoms with Crippen molar-refractivity contribution in [2.75, 3.05) is 14.2 Å². The average molecular weight is 117 g/mol. The van der Waals surface area contributed by atoms with Crippen LogP contribution in [0, 0.1) is 0 Å². The number of hydroxylamine groups is 2. The Morgan fingerprint density at radius 3 is 2.25 bits per heavy atom. The van der Waals surface area contributed by atoms with Gasteiger partial charge in [0, 0.05) is 7.05 Å². The molecule has 0 aromatic carbocycles. The average Bonchev–Trinajstić information content (AvgIpc) is 2.45. The maximum Gasteiger partial charge on any atom is 0.159 e. The predicted molar refractivity (Wildman–Crippen MR) is 29.1 cm³/mol. The summed E-state index contributed by atoms with van der Waals surface area (Å²) < 4.78 is 5.07. The van der Waals surface area contributed by atoms with Gasteiger partial charge in [-0.1, -0.05) is 0 Å². The lowest BCUT2D eigenvalue weighted by molar-refractivity contribution is -0.138. The number of epoxide rings is 1. The summed E-state index contributed by atoms with van der Waals surface area (Å²) in [5, 5.41) is 1.70. The quantitative estimate of drug-likeness (QED) is 0.382. The largest absolute Gasteiger partial charge is 0.351 e. The van der Waals surface area contributed by atoms with E-state index in [1.807, 2.05) is 14.0 Å². The molecule has 3 nitrogen and oxygen atoms in total. The third-order valence-electron chi connectivity index (χ3n) is 1.33. The first-order chi connectivity index (χ1) is 3.75. The highest BCUT2D eigenvalue weighted by Crippen LogP contribution is 2.23. The Morgan fingerprint density at radius 1 is 1.62 bits per heavy atom. The summed E-state index contributed by atoms with van der Waals surface area (Å²) >= 11 is 0. The normalized spacial score (nSPS) is 36.0. The molecule has 1 saturated heterocycles. The van der Waals surface area contributed by atoms with E-state index >= 15 is 0 Å². The lowest BCUT2D eigenvalue weighted by atomic mass is 10.5. The molecule has 2 unspecified atom stereocenters. The molecule has 0 radical (unpaired) electrons. The summed E-state index contributed by atoms with van der Waals surface area (Å²) in [5.41, 5.74) is 0. The molecule has 0 aliphatic carbocycles. The van der Waals surface area contributed by atoms with Crippen LogP contribution in [0.2, 0.25) is 0 Å². The molecule has 0 N–H and O–H groups in total. The third kappa shape index (κ3) is 0.992. The van der Waals surface area contributed by atoms with Gasteiger partial charge in [-0.3, -0.25) is 4.84 Å². The molecule has 1 aliphatic heterocycles. The predicted octanol–water partition coefficient (Wildman–Crippen LogP) is 0.224. The minimum absolute atomic E-state index is 0.194. The number of hydrogen-bond acceptors (Lipinski definition) is 3. The molecule has 1 rings (SSSR count). The van der Waals surface area contributed by atoms with Crippen LogP contribution in [0.3, 0.4) is 0 Å². The van der Waals surface area contributed by atoms with Gasteiger partial charge in [0.05, 0.1) is 13.2 Å². The van der Waals surface area contributed by atoms with Gasteiger partial charge in [0.15, 0.2) is 6.23 Å². The fourth-order valence-corrected chi connectivity index (χ4v) is 0.660. The summed E-state index contributed by atoms with van der Waals surface area (Å²) in [7, 11) is 3.49. The Kier molecular flexibility index (Phi) is 1.51. The van der Waals surface area contributed by atoms with E-state index in [4.69, 9.17) is 9.57 Å². The van der Waals surface area contributed by atoms with Crippen LogP contribution in [0.5, 0.6) is 0 Å². The molecular weight excluding hydrogens is 106 g/mol. The van der Waals surface area contributed by atoms with Crippen LogP contribution in [-0.2, 0) is 9.57 Å². The van der Waals surface area contributed by atoms with E-state index in [1.54, 1.807) is 12.2 Å². The van der Waals surface area contributed by atoms with Gasteiger partial charge >= 0.3 is 0 Å². The second-order valence-electron chi connectivity index (χ2n) is 1.96. The molecule has 0 amide bonds. The van der Waals surface area contributed by atoms with Gasteiger partial charge in [0.1, 0.15) is 0 Å². The Labute approximate surface area is 49.1 Å². The number of rotatable bonds is 2. The van der Waals surface area contributed by atoms with Crippen LogP contribution in [0.1, 0.15) is 6.92 Å². The van der Waals surface area contributed by atoms with E-state index < -0.39 is 0 Å². The first-order valence-electron chi connectivity index (χ1n) is 2.68. The van der Waals surface area contributed by atoms with E-state index in [0.717, 1.165) is 0 Å². The molecule has 3 heteroatoms. The Bertz CT molecular complexity index is 84.5. The zero-order valence-electron chi connectivity index (χ0n) is 5.42. The maximum absolute atomic E-state index is 5.07. The van der Waals surface area contributed by atoms with Crippen LogP contribution in [0.4, 0.5) is 0 Å². The standard InChI is InChI=1S/C5H11NO2/c1-4-5(8-4)6(2)7-3/h4-5H,1-3H3. The smallest absolute Gasteiger partial charge is 0.159 e. The van der Waals surface area contributed by atoms with Crippen molar-refractivity contribution in [1.29, 1.82) is 0 Å². The van der Waals surface area contributed by atoms with Gasteiger partial charge in [-0.25, -0.2) is 0 Å². The molecule has 2 atom stereocenters. The van der Waals surface area contributed by atoms with Crippen LogP contribution in [-0.4, -0.2) is 31.6 Å². The van der Waals surface area contributed by atoms with Crippen molar-refractivity contribution < 1.29 is 9.57 Å². The number of hydrogen-bond donors (Lipinski definition) is 0. The summed E-state index contributed by atoms with van der Waals surface area (Å²) in [4.78, 5) is 4.85. The molecule has 0 bridgehead atoms. The SMILES string of the molecule is CON(C)C1OC1C. The number of nitrogens with zero attached hydrogens (tertiary/aromatic N) is 1. The molecule has 0 spiro atoms. The Balaban J connectivity index is 2.18. The molecule has 48 valence electrons. The topological polar surface area (TPSA) is 25.0 Å². The highest BCUT2D eigenvalue weighted by atomic mass is 16.7. The van der Waals surface area contributed by atoms with Crippen molar-refractivity contribution in [3.8, 4) is 0 Å². The van der Waals surface area contributed by atoms with Gasteiger partial charge in [0.25, 0.3) is 0 Å². The number of likely N-dealkylation sites (N-methyl/N-ethyl adjacent to an activating group) is 1. The van der Waals surface area contributed by atoms with E-state index in [9.17, 15) is 0 Å². The second-order valence-corrected chi connectivity index (χ2v) is 1.96. The van der Waals surface area contributed by atoms with Gasteiger partial charge in [-0.15, -0.1) is 0 Å². The van der Waals surface area contributed by atoms with Crippen molar-refractivity contribution in [3.63, 3.8) is 0 Å². The van der Waals surface area contributed by atoms with E-state index in [-0.39, 0.29) is 6.23 Å². The fourth-order valence-electron chi connectivity index (χ4n) is 0.660. The molecule has 1 aliphatic rings. The maximum atomic E-state index is 5.07. The second kappa shape index (κ2) is 2.01. The van der Waals surface area contributed by atoms with Crippen LogP contribution in [0.25, 0.3) is 0 Å². The molecule has 1 heterocycles. The summed E-state index contributed by atoms with van der Waals surface area (Å²) in [6.45, 7) is 2.01. The van der Waals surface area contributed by atoms with Crippen LogP contribution in [0.15, 0.2) is 0 Å². The number of ether oxygens (including phenoxy) is 1. The van der Waals surface area contributed by atoms with Crippen LogP contribution >= 0.6 is 0 Å². The van der Waals surface area contributed by atoms with Gasteiger partial charge < -0.3 is 4.74 Å². The molecular formula is C5H11NO2. The fraction of sp³-hybridized carbons (Fsp3) is 1.00. The van der Waals surface area contributed by atoms with E-state index in [0.29, 0.717) is 6.10 Å². The Hall–Kier alpha value is -0.120. The molecule has 0 saturated carbocycles. The van der Waals surface area contributed by atoms with Crippen molar-refractivity contribution in [1.82, 2.24) is 5.06 Å². The third-order valence-corrected chi connectivity index (χ3v) is 1.33. The monoisotopic (exact) mass is 117 g/mol. The van der Waals surface area contributed by atoms with Gasteiger partial charge in [0.2, 0.25) is 0 Å². The van der Waals surface area contributed by atoms with Crippen molar-refractivity contribution in [3.05, 3.63) is 0 Å². The van der Waals surface area contributed by atoms with Gasteiger partial charge in [-0.2, -0.15) is 5.06 Å². The summed E-state index contributed by atoms with van der Waals surface area (Å²) in [5.74, 6) is 0. The van der Waals surface area contributed by atoms with Crippen molar-refractivity contribution in [2.45, 2.75) is 19.3 Å². The zero-order chi connectivity index (χ0) is 6.15. The zero-order valence-corrected chi connectivity index (χ0v) is 5.42. The van der Waals surface area contributed by atoms with Crippen molar-refractivity contribution in [2.24, 2.45) is 0 Å². The molecule has 0 aromatic rings. The first kappa shape index (κ1) is 6.01.